The minimum atomic E-state index is -0.477. The highest BCUT2D eigenvalue weighted by atomic mass is 16.3. The molecule has 4 rings (SSSR count). The summed E-state index contributed by atoms with van der Waals surface area (Å²) in [6, 6.07) is 0. The van der Waals surface area contributed by atoms with E-state index in [4.69, 9.17) is 0 Å². The lowest BCUT2D eigenvalue weighted by Crippen LogP contribution is -2.64. The lowest BCUT2D eigenvalue weighted by Gasteiger charge is -2.66. The van der Waals surface area contributed by atoms with Crippen LogP contribution in [-0.4, -0.2) is 33.6 Å². The molecular formula is C20H32O3. The predicted molar refractivity (Wildman–Crippen MR) is 89.7 cm³/mol. The number of aliphatic hydroxyl groups excluding tert-OH is 3. The Morgan fingerprint density at radius 2 is 1.65 bits per heavy atom. The van der Waals surface area contributed by atoms with Crippen LogP contribution in [-0.2, 0) is 0 Å². The Morgan fingerprint density at radius 3 is 2.35 bits per heavy atom. The topological polar surface area (TPSA) is 60.7 Å². The maximum absolute atomic E-state index is 11.1. The van der Waals surface area contributed by atoms with Crippen LogP contribution in [0.1, 0.15) is 59.3 Å². The van der Waals surface area contributed by atoms with E-state index in [2.05, 4.69) is 27.4 Å². The second-order valence-corrected chi connectivity index (χ2v) is 10.0. The van der Waals surface area contributed by atoms with Gasteiger partial charge in [-0.05, 0) is 72.7 Å². The highest BCUT2D eigenvalue weighted by Gasteiger charge is 2.69. The molecule has 0 aromatic heterocycles. The number of hydrogen-bond acceptors (Lipinski definition) is 3. The van der Waals surface area contributed by atoms with Gasteiger partial charge in [-0.15, -0.1) is 0 Å². The Labute approximate surface area is 139 Å². The van der Waals surface area contributed by atoms with Gasteiger partial charge < -0.3 is 15.3 Å². The Bertz CT molecular complexity index is 541. The minimum Gasteiger partial charge on any atom is -0.393 e. The van der Waals surface area contributed by atoms with Gasteiger partial charge in [0.15, 0.2) is 0 Å². The molecule has 8 atom stereocenters. The molecule has 4 fully saturated rings. The van der Waals surface area contributed by atoms with Crippen LogP contribution in [0.5, 0.6) is 0 Å². The summed E-state index contributed by atoms with van der Waals surface area (Å²) >= 11 is 0. The monoisotopic (exact) mass is 320 g/mol. The Kier molecular flexibility index (Phi) is 3.23. The van der Waals surface area contributed by atoms with E-state index in [0.29, 0.717) is 18.3 Å². The Balaban J connectivity index is 1.83. The molecule has 0 unspecified atom stereocenters. The lowest BCUT2D eigenvalue weighted by molar-refractivity contribution is -0.229. The summed E-state index contributed by atoms with van der Waals surface area (Å²) in [6.45, 7) is 10.9. The quantitative estimate of drug-likeness (QED) is 0.602. The molecule has 0 radical (unpaired) electrons. The zero-order chi connectivity index (χ0) is 16.8. The molecule has 4 aliphatic carbocycles. The normalized spacial score (nSPS) is 57.7. The number of rotatable bonds is 0. The molecule has 1 spiro atoms. The second kappa shape index (κ2) is 4.62. The van der Waals surface area contributed by atoms with Gasteiger partial charge in [-0.25, -0.2) is 0 Å². The van der Waals surface area contributed by atoms with Gasteiger partial charge in [-0.1, -0.05) is 27.4 Å². The molecule has 4 saturated carbocycles. The Morgan fingerprint density at radius 1 is 0.957 bits per heavy atom. The first-order valence-corrected chi connectivity index (χ1v) is 9.35. The molecule has 3 nitrogen and oxygen atoms in total. The van der Waals surface area contributed by atoms with Crippen molar-refractivity contribution >= 4 is 0 Å². The fraction of sp³-hybridized carbons (Fsp3) is 0.900. The van der Waals surface area contributed by atoms with E-state index in [-0.39, 0.29) is 28.3 Å². The average Bonchev–Trinajstić information content (AvgIpc) is 2.57. The van der Waals surface area contributed by atoms with Crippen LogP contribution in [0.2, 0.25) is 0 Å². The molecule has 0 aromatic rings. The van der Waals surface area contributed by atoms with Gasteiger partial charge in [0.2, 0.25) is 0 Å². The maximum atomic E-state index is 11.1. The number of fused-ring (bicyclic) bond motifs is 3. The van der Waals surface area contributed by atoms with Crippen molar-refractivity contribution in [2.75, 3.05) is 0 Å². The summed E-state index contributed by atoms with van der Waals surface area (Å²) in [5.41, 5.74) is 0.621. The molecule has 0 amide bonds. The molecule has 0 saturated heterocycles. The van der Waals surface area contributed by atoms with Crippen LogP contribution in [0.4, 0.5) is 0 Å². The zero-order valence-corrected chi connectivity index (χ0v) is 14.8. The van der Waals surface area contributed by atoms with E-state index in [0.717, 1.165) is 37.7 Å². The largest absolute Gasteiger partial charge is 0.393 e. The van der Waals surface area contributed by atoms with E-state index in [1.807, 2.05) is 0 Å². The highest BCUT2D eigenvalue weighted by molar-refractivity contribution is 5.28. The van der Waals surface area contributed by atoms with Crippen LogP contribution >= 0.6 is 0 Å². The van der Waals surface area contributed by atoms with E-state index >= 15 is 0 Å². The van der Waals surface area contributed by atoms with E-state index in [1.165, 1.54) is 0 Å². The van der Waals surface area contributed by atoms with Gasteiger partial charge in [0.1, 0.15) is 0 Å². The summed E-state index contributed by atoms with van der Waals surface area (Å²) in [4.78, 5) is 0. The third-order valence-corrected chi connectivity index (χ3v) is 8.30. The van der Waals surface area contributed by atoms with Crippen molar-refractivity contribution in [1.29, 1.82) is 0 Å². The molecule has 4 aliphatic rings. The summed E-state index contributed by atoms with van der Waals surface area (Å²) in [5, 5.41) is 32.7. The fourth-order valence-corrected chi connectivity index (χ4v) is 8.05. The van der Waals surface area contributed by atoms with Gasteiger partial charge in [-0.2, -0.15) is 0 Å². The van der Waals surface area contributed by atoms with Crippen molar-refractivity contribution < 1.29 is 15.3 Å². The van der Waals surface area contributed by atoms with E-state index < -0.39 is 12.2 Å². The molecule has 3 N–H and O–H groups in total. The summed E-state index contributed by atoms with van der Waals surface area (Å²) in [5.74, 6) is 1.00. The van der Waals surface area contributed by atoms with Gasteiger partial charge in [-0.3, -0.25) is 0 Å². The third-order valence-electron chi connectivity index (χ3n) is 8.30. The van der Waals surface area contributed by atoms with Crippen molar-refractivity contribution in [3.63, 3.8) is 0 Å². The van der Waals surface area contributed by atoms with E-state index in [1.54, 1.807) is 0 Å². The number of aliphatic hydroxyl groups is 3. The van der Waals surface area contributed by atoms with Crippen molar-refractivity contribution in [2.45, 2.75) is 77.6 Å². The van der Waals surface area contributed by atoms with E-state index in [9.17, 15) is 15.3 Å². The van der Waals surface area contributed by atoms with Crippen molar-refractivity contribution in [3.8, 4) is 0 Å². The van der Waals surface area contributed by atoms with Crippen LogP contribution in [0.15, 0.2) is 12.2 Å². The molecule has 0 aromatic carbocycles. The zero-order valence-electron chi connectivity index (χ0n) is 14.8. The summed E-state index contributed by atoms with van der Waals surface area (Å²) in [7, 11) is 0. The van der Waals surface area contributed by atoms with Crippen LogP contribution in [0.25, 0.3) is 0 Å². The van der Waals surface area contributed by atoms with Crippen LogP contribution < -0.4 is 0 Å². The predicted octanol–water partition coefficient (Wildman–Crippen LogP) is 2.89. The van der Waals surface area contributed by atoms with Crippen molar-refractivity contribution in [2.24, 2.45) is 34.0 Å². The minimum absolute atomic E-state index is 0.0646. The second-order valence-electron chi connectivity index (χ2n) is 10.0. The van der Waals surface area contributed by atoms with Gasteiger partial charge in [0, 0.05) is 5.41 Å². The lowest BCUT2D eigenvalue weighted by atomic mass is 9.40. The summed E-state index contributed by atoms with van der Waals surface area (Å²) < 4.78 is 0. The van der Waals surface area contributed by atoms with Crippen LogP contribution in [0, 0.1) is 34.0 Å². The average molecular weight is 320 g/mol. The van der Waals surface area contributed by atoms with Crippen molar-refractivity contribution in [1.82, 2.24) is 0 Å². The smallest absolute Gasteiger partial charge is 0.0810 e. The molecule has 2 bridgehead atoms. The first kappa shape index (κ1) is 16.1. The first-order valence-electron chi connectivity index (χ1n) is 9.35. The highest BCUT2D eigenvalue weighted by Crippen LogP contribution is 2.71. The first-order chi connectivity index (χ1) is 10.6. The fourth-order valence-electron chi connectivity index (χ4n) is 8.05. The van der Waals surface area contributed by atoms with Gasteiger partial charge in [0.05, 0.1) is 18.3 Å². The standard InChI is InChI=1S/C20H32O3/c1-11-12-5-6-15-19(4)9-13(21)8-18(2,3)16(19)14(22)10-20(15,7-12)17(11)23/h12-17,21-23H,1,5-10H2,2-4H3/t12-,13-,14-,15-,16+,17+,19-,20-/m1/s1. The third kappa shape index (κ3) is 1.88. The van der Waals surface area contributed by atoms with Gasteiger partial charge >= 0.3 is 0 Å². The maximum Gasteiger partial charge on any atom is 0.0810 e. The molecule has 0 aliphatic heterocycles. The Hall–Kier alpha value is -0.380. The van der Waals surface area contributed by atoms with Crippen LogP contribution in [0.3, 0.4) is 0 Å². The molecule has 23 heavy (non-hydrogen) atoms. The van der Waals surface area contributed by atoms with Crippen molar-refractivity contribution in [3.05, 3.63) is 12.2 Å². The SMILES string of the molecule is C=C1[C@@H]2CC[C@@H]3[C@@]4(C)C[C@H](O)CC(C)(C)[C@@H]4[C@H](O)C[C@@]3(C2)[C@H]1O. The molecule has 130 valence electrons. The summed E-state index contributed by atoms with van der Waals surface area (Å²) in [6.07, 6.45) is 4.25. The molecular weight excluding hydrogens is 288 g/mol. The molecule has 0 heterocycles. The van der Waals surface area contributed by atoms with Gasteiger partial charge in [0.25, 0.3) is 0 Å². The molecule has 3 heteroatoms. The number of hydrogen-bond donors (Lipinski definition) is 3.